The molecule has 3 N–H and O–H groups in total. The lowest BCUT2D eigenvalue weighted by molar-refractivity contribution is 0.0293. The predicted octanol–water partition coefficient (Wildman–Crippen LogP) is 2.51. The average molecular weight is 394 g/mol. The number of nitrogens with zero attached hydrogens (tertiary/aromatic N) is 3. The Morgan fingerprint density at radius 3 is 2.82 bits per heavy atom. The summed E-state index contributed by atoms with van der Waals surface area (Å²) in [7, 11) is 0. The third-order valence-corrected chi connectivity index (χ3v) is 6.15. The molecule has 3 aromatic rings. The maximum absolute atomic E-state index is 12.5. The first-order valence-electron chi connectivity index (χ1n) is 9.00. The minimum atomic E-state index is -0.980. The zero-order valence-corrected chi connectivity index (χ0v) is 15.4. The van der Waals surface area contributed by atoms with Crippen LogP contribution in [0.2, 0.25) is 5.02 Å². The second kappa shape index (κ2) is 6.03. The maximum Gasteiger partial charge on any atom is 0.253 e. The fourth-order valence-corrected chi connectivity index (χ4v) is 4.78. The SMILES string of the molecule is N#Cc1cncc(C(=O)N[C@@H]2[C@@H]3C[C@@](O)(c4cc(Cl)cc5[nH]ncc45)C[C@@H]32)c1. The number of rotatable bonds is 3. The van der Waals surface area contributed by atoms with Crippen LogP contribution in [0.15, 0.2) is 36.8 Å². The van der Waals surface area contributed by atoms with E-state index in [0.717, 1.165) is 16.5 Å². The molecule has 1 amide bonds. The molecule has 0 radical (unpaired) electrons. The maximum atomic E-state index is 12.5. The summed E-state index contributed by atoms with van der Waals surface area (Å²) in [5, 5.41) is 31.6. The highest BCUT2D eigenvalue weighted by molar-refractivity contribution is 6.31. The summed E-state index contributed by atoms with van der Waals surface area (Å²) in [6.07, 6.45) is 5.69. The standard InChI is InChI=1S/C20H16ClN5O2/c21-12-2-16(15-9-24-26-17(15)3-12)20(28)4-13-14(5-20)18(13)25-19(27)11-1-10(6-22)7-23-8-11/h1-3,7-9,13-14,18,28H,4-5H2,(H,24,26)(H,25,27)/t13-,14+,18-,20+. The molecule has 2 aliphatic rings. The van der Waals surface area contributed by atoms with Crippen molar-refractivity contribution in [2.45, 2.75) is 24.5 Å². The number of pyridine rings is 1. The van der Waals surface area contributed by atoms with Crippen molar-refractivity contribution < 1.29 is 9.90 Å². The van der Waals surface area contributed by atoms with E-state index in [-0.39, 0.29) is 23.8 Å². The summed E-state index contributed by atoms with van der Waals surface area (Å²) < 4.78 is 0. The molecule has 0 saturated heterocycles. The monoisotopic (exact) mass is 393 g/mol. The Kier molecular flexibility index (Phi) is 3.69. The molecule has 1 aromatic carbocycles. The van der Waals surface area contributed by atoms with Crippen LogP contribution in [0.5, 0.6) is 0 Å². The zero-order valence-electron chi connectivity index (χ0n) is 14.7. The Bertz CT molecular complexity index is 1140. The Morgan fingerprint density at radius 2 is 2.07 bits per heavy atom. The van der Waals surface area contributed by atoms with E-state index in [1.165, 1.54) is 18.5 Å². The minimum Gasteiger partial charge on any atom is -0.385 e. The van der Waals surface area contributed by atoms with Crippen molar-refractivity contribution in [2.75, 3.05) is 0 Å². The van der Waals surface area contributed by atoms with Crippen molar-refractivity contribution in [3.63, 3.8) is 0 Å². The Morgan fingerprint density at radius 1 is 1.29 bits per heavy atom. The second-order valence-corrected chi connectivity index (χ2v) is 8.06. The highest BCUT2D eigenvalue weighted by Gasteiger charge is 2.62. The van der Waals surface area contributed by atoms with Crippen molar-refractivity contribution in [3.05, 3.63) is 58.5 Å². The van der Waals surface area contributed by atoms with E-state index < -0.39 is 5.60 Å². The van der Waals surface area contributed by atoms with Gasteiger partial charge in [0.25, 0.3) is 5.91 Å². The van der Waals surface area contributed by atoms with Crippen LogP contribution < -0.4 is 5.32 Å². The number of hydrogen-bond donors (Lipinski definition) is 3. The normalized spacial score (nSPS) is 28.0. The lowest BCUT2D eigenvalue weighted by Crippen LogP contribution is -2.33. The summed E-state index contributed by atoms with van der Waals surface area (Å²) in [6, 6.07) is 7.13. The number of aliphatic hydroxyl groups is 1. The topological polar surface area (TPSA) is 115 Å². The number of amides is 1. The summed E-state index contributed by atoms with van der Waals surface area (Å²) in [5.41, 5.74) is 1.32. The van der Waals surface area contributed by atoms with Gasteiger partial charge in [0.1, 0.15) is 6.07 Å². The van der Waals surface area contributed by atoms with E-state index in [9.17, 15) is 9.90 Å². The van der Waals surface area contributed by atoms with Crippen molar-refractivity contribution in [2.24, 2.45) is 11.8 Å². The van der Waals surface area contributed by atoms with Gasteiger partial charge in [0.15, 0.2) is 0 Å². The fraction of sp³-hybridized carbons (Fsp3) is 0.300. The Hall–Kier alpha value is -2.95. The molecule has 2 aromatic heterocycles. The van der Waals surface area contributed by atoms with Gasteiger partial charge in [-0.3, -0.25) is 14.9 Å². The smallest absolute Gasteiger partial charge is 0.253 e. The Labute approximate surface area is 165 Å². The number of halogens is 1. The summed E-state index contributed by atoms with van der Waals surface area (Å²) in [4.78, 5) is 16.4. The Balaban J connectivity index is 1.32. The predicted molar refractivity (Wildman–Crippen MR) is 101 cm³/mol. The minimum absolute atomic E-state index is 0.0255. The number of nitrogens with one attached hydrogen (secondary N) is 2. The van der Waals surface area contributed by atoms with E-state index in [1.54, 1.807) is 18.3 Å². The molecule has 2 saturated carbocycles. The van der Waals surface area contributed by atoms with Gasteiger partial charge in [0.05, 0.1) is 28.4 Å². The molecule has 2 fully saturated rings. The molecule has 0 aliphatic heterocycles. The van der Waals surface area contributed by atoms with Gasteiger partial charge in [-0.15, -0.1) is 0 Å². The van der Waals surface area contributed by atoms with Crippen molar-refractivity contribution in [3.8, 4) is 6.07 Å². The number of benzene rings is 1. The number of aromatic nitrogens is 3. The number of hydrogen-bond acceptors (Lipinski definition) is 5. The quantitative estimate of drug-likeness (QED) is 0.632. The number of carbonyl (C=O) groups is 1. The molecule has 0 unspecified atom stereocenters. The van der Waals surface area contributed by atoms with Crippen LogP contribution in [0.25, 0.3) is 10.9 Å². The van der Waals surface area contributed by atoms with Crippen LogP contribution in [0.3, 0.4) is 0 Å². The molecule has 28 heavy (non-hydrogen) atoms. The third kappa shape index (κ3) is 2.65. The molecular formula is C20H16ClN5O2. The third-order valence-electron chi connectivity index (χ3n) is 5.93. The van der Waals surface area contributed by atoms with Gasteiger partial charge in [-0.2, -0.15) is 10.4 Å². The van der Waals surface area contributed by atoms with Crippen molar-refractivity contribution >= 4 is 28.4 Å². The van der Waals surface area contributed by atoms with Gasteiger partial charge in [-0.25, -0.2) is 0 Å². The van der Waals surface area contributed by atoms with Crippen molar-refractivity contribution in [1.29, 1.82) is 5.26 Å². The van der Waals surface area contributed by atoms with Gasteiger partial charge in [0, 0.05) is 28.8 Å². The van der Waals surface area contributed by atoms with E-state index in [1.807, 2.05) is 6.07 Å². The van der Waals surface area contributed by atoms with Gasteiger partial charge in [-0.05, 0) is 48.4 Å². The fourth-order valence-electron chi connectivity index (χ4n) is 4.56. The lowest BCUT2D eigenvalue weighted by atomic mass is 9.86. The first-order valence-corrected chi connectivity index (χ1v) is 9.38. The van der Waals surface area contributed by atoms with Crippen LogP contribution in [0, 0.1) is 23.2 Å². The molecule has 4 atom stereocenters. The highest BCUT2D eigenvalue weighted by Crippen LogP contribution is 2.60. The molecule has 7 nitrogen and oxygen atoms in total. The number of nitriles is 1. The second-order valence-electron chi connectivity index (χ2n) is 7.63. The zero-order chi connectivity index (χ0) is 19.5. The molecule has 2 heterocycles. The van der Waals surface area contributed by atoms with Crippen LogP contribution in [-0.4, -0.2) is 32.2 Å². The first kappa shape index (κ1) is 17.2. The average Bonchev–Trinajstić information content (AvgIpc) is 3.06. The summed E-state index contributed by atoms with van der Waals surface area (Å²) in [6.45, 7) is 0. The largest absolute Gasteiger partial charge is 0.385 e. The molecule has 0 bridgehead atoms. The van der Waals surface area contributed by atoms with Gasteiger partial charge in [0.2, 0.25) is 0 Å². The highest BCUT2D eigenvalue weighted by atomic mass is 35.5. The van der Waals surface area contributed by atoms with Gasteiger partial charge < -0.3 is 10.4 Å². The van der Waals surface area contributed by atoms with Crippen molar-refractivity contribution in [1.82, 2.24) is 20.5 Å². The van der Waals surface area contributed by atoms with E-state index in [2.05, 4.69) is 20.5 Å². The number of aromatic amines is 1. The molecular weight excluding hydrogens is 378 g/mol. The number of carbonyl (C=O) groups excluding carboxylic acids is 1. The summed E-state index contributed by atoms with van der Waals surface area (Å²) in [5.74, 6) is 0.177. The number of H-pyrrole nitrogens is 1. The van der Waals surface area contributed by atoms with Gasteiger partial charge in [-0.1, -0.05) is 11.6 Å². The van der Waals surface area contributed by atoms with Crippen LogP contribution in [0.1, 0.15) is 34.3 Å². The molecule has 8 heteroatoms. The molecule has 2 aliphatic carbocycles. The van der Waals surface area contributed by atoms with Gasteiger partial charge >= 0.3 is 0 Å². The van der Waals surface area contributed by atoms with Crippen LogP contribution in [-0.2, 0) is 5.60 Å². The first-order chi connectivity index (χ1) is 13.5. The van der Waals surface area contributed by atoms with E-state index in [0.29, 0.717) is 29.0 Å². The molecule has 5 rings (SSSR count). The van der Waals surface area contributed by atoms with Crippen LogP contribution >= 0.6 is 11.6 Å². The lowest BCUT2D eigenvalue weighted by Gasteiger charge is -2.27. The van der Waals surface area contributed by atoms with E-state index >= 15 is 0 Å². The molecule has 0 spiro atoms. The molecule has 140 valence electrons. The van der Waals surface area contributed by atoms with Crippen LogP contribution in [0.4, 0.5) is 0 Å². The number of fused-ring (bicyclic) bond motifs is 2. The summed E-state index contributed by atoms with van der Waals surface area (Å²) >= 11 is 6.21. The van der Waals surface area contributed by atoms with E-state index in [4.69, 9.17) is 16.9 Å².